The van der Waals surface area contributed by atoms with Crippen LogP contribution in [0.15, 0.2) is 0 Å². The van der Waals surface area contributed by atoms with Crippen LogP contribution in [0.5, 0.6) is 0 Å². The van der Waals surface area contributed by atoms with Crippen molar-refractivity contribution in [3.05, 3.63) is 0 Å². The van der Waals surface area contributed by atoms with Crippen LogP contribution in [0.2, 0.25) is 0 Å². The van der Waals surface area contributed by atoms with Gasteiger partial charge in [0.2, 0.25) is 0 Å². The summed E-state index contributed by atoms with van der Waals surface area (Å²) in [6.07, 6.45) is -9.99. The Balaban J connectivity index is -0.00000220. The normalized spacial score (nSPS) is 15.4. The average Bonchev–Trinajstić information content (AvgIpc) is 2.26. The number of halogens is 13. The summed E-state index contributed by atoms with van der Waals surface area (Å²) in [6.45, 7) is -1.96. The Morgan fingerprint density at radius 1 is 0.565 bits per heavy atom. The van der Waals surface area contributed by atoms with Crippen LogP contribution in [0.1, 0.15) is 7.85 Å². The van der Waals surface area contributed by atoms with Gasteiger partial charge in [0, 0.05) is 13.0 Å². The number of alkyl halides is 13. The van der Waals surface area contributed by atoms with Gasteiger partial charge in [-0.25, -0.2) is 0 Å². The van der Waals surface area contributed by atoms with Crippen molar-refractivity contribution in [2.24, 2.45) is 0 Å². The zero-order valence-electron chi connectivity index (χ0n) is 11.8. The van der Waals surface area contributed by atoms with E-state index < -0.39 is 48.8 Å². The second-order valence-electron chi connectivity index (χ2n) is 3.97. The second-order valence-corrected chi connectivity index (χ2v) is 3.97. The molecule has 15 heteroatoms. The fourth-order valence-corrected chi connectivity index (χ4v) is 1.10. The molecule has 0 saturated heterocycles. The van der Waals surface area contributed by atoms with Crippen LogP contribution in [-0.2, 0) is 0 Å². The molecule has 0 aliphatic heterocycles. The Morgan fingerprint density at radius 2 is 0.870 bits per heavy atom. The van der Waals surface area contributed by atoms with Crippen molar-refractivity contribution in [3.63, 3.8) is 0 Å². The molecule has 0 aromatic heterocycles. The quantitative estimate of drug-likeness (QED) is 0.536. The second kappa shape index (κ2) is 6.75. The van der Waals surface area contributed by atoms with E-state index in [0.29, 0.717) is 0 Å². The molecule has 1 nitrogen and oxygen atoms in total. The van der Waals surface area contributed by atoms with Crippen molar-refractivity contribution in [2.45, 2.75) is 42.2 Å². The standard InChI is InChI=1S/C8H5F13O.Na.H/c9-3(10,1-2-22)4(11,12)5(13,14)6(15,16)7(17,18)8(19,20)21;;/h22H,1-2H2;;/q;+1;-1. The first-order chi connectivity index (χ1) is 9.31. The Labute approximate surface area is 142 Å². The van der Waals surface area contributed by atoms with Gasteiger partial charge in [-0.05, 0) is 0 Å². The zero-order chi connectivity index (χ0) is 18.4. The summed E-state index contributed by atoms with van der Waals surface area (Å²) in [7, 11) is 0. The van der Waals surface area contributed by atoms with Crippen LogP contribution < -0.4 is 29.6 Å². The summed E-state index contributed by atoms with van der Waals surface area (Å²) >= 11 is 0. The first kappa shape index (κ1) is 25.3. The van der Waals surface area contributed by atoms with E-state index in [1.165, 1.54) is 0 Å². The van der Waals surface area contributed by atoms with Gasteiger partial charge in [0.15, 0.2) is 0 Å². The van der Waals surface area contributed by atoms with Crippen molar-refractivity contribution in [1.29, 1.82) is 0 Å². The number of hydrogen-bond donors (Lipinski definition) is 1. The van der Waals surface area contributed by atoms with Crippen molar-refractivity contribution in [3.8, 4) is 0 Å². The molecule has 0 rings (SSSR count). The molecule has 0 amide bonds. The van der Waals surface area contributed by atoms with E-state index in [9.17, 15) is 57.1 Å². The first-order valence-corrected chi connectivity index (χ1v) is 4.88. The van der Waals surface area contributed by atoms with Gasteiger partial charge >= 0.3 is 65.3 Å². The van der Waals surface area contributed by atoms with Gasteiger partial charge in [0.05, 0.1) is 0 Å². The van der Waals surface area contributed by atoms with E-state index in [4.69, 9.17) is 5.11 Å². The van der Waals surface area contributed by atoms with E-state index in [1.807, 2.05) is 0 Å². The predicted molar refractivity (Wildman–Crippen MR) is 43.6 cm³/mol. The molecular weight excluding hydrogens is 382 g/mol. The van der Waals surface area contributed by atoms with E-state index >= 15 is 0 Å². The maximum Gasteiger partial charge on any atom is 1.00 e. The molecule has 0 radical (unpaired) electrons. The van der Waals surface area contributed by atoms with Crippen molar-refractivity contribution < 1.29 is 93.2 Å². The van der Waals surface area contributed by atoms with Gasteiger partial charge in [-0.2, -0.15) is 57.1 Å². The molecule has 0 aromatic carbocycles. The third kappa shape index (κ3) is 3.68. The minimum atomic E-state index is -7.89. The minimum absolute atomic E-state index is 0. The Hall–Kier alpha value is 0.0500. The smallest absolute Gasteiger partial charge is 1.00 e. The predicted octanol–water partition coefficient (Wildman–Crippen LogP) is 1.22. The molecule has 0 fully saturated rings. The number of rotatable bonds is 6. The third-order valence-corrected chi connectivity index (χ3v) is 2.42. The first-order valence-electron chi connectivity index (χ1n) is 4.88. The number of aliphatic hydroxyl groups is 1. The summed E-state index contributed by atoms with van der Waals surface area (Å²) < 4.78 is 161. The van der Waals surface area contributed by atoms with E-state index in [1.54, 1.807) is 0 Å². The molecule has 136 valence electrons. The third-order valence-electron chi connectivity index (χ3n) is 2.42. The van der Waals surface area contributed by atoms with Crippen LogP contribution in [0.25, 0.3) is 0 Å². The molecule has 1 N–H and O–H groups in total. The van der Waals surface area contributed by atoms with Gasteiger partial charge in [0.1, 0.15) is 0 Å². The largest absolute Gasteiger partial charge is 1.00 e. The fourth-order valence-electron chi connectivity index (χ4n) is 1.10. The molecule has 23 heavy (non-hydrogen) atoms. The van der Waals surface area contributed by atoms with Crippen LogP contribution in [-0.4, -0.2) is 47.5 Å². The minimum Gasteiger partial charge on any atom is -1.00 e. The molecule has 0 heterocycles. The summed E-state index contributed by atoms with van der Waals surface area (Å²) in [5.74, 6) is -36.9. The van der Waals surface area contributed by atoms with E-state index in [2.05, 4.69) is 0 Å². The molecule has 0 aliphatic carbocycles. The van der Waals surface area contributed by atoms with Crippen molar-refractivity contribution >= 4 is 0 Å². The molecule has 0 saturated carbocycles. The van der Waals surface area contributed by atoms with Gasteiger partial charge in [-0.3, -0.25) is 0 Å². The molecule has 0 aliphatic rings. The van der Waals surface area contributed by atoms with E-state index in [-0.39, 0.29) is 31.0 Å². The van der Waals surface area contributed by atoms with Crippen LogP contribution >= 0.6 is 0 Å². The fraction of sp³-hybridized carbons (Fsp3) is 1.00. The number of hydrogen-bond acceptors (Lipinski definition) is 1. The van der Waals surface area contributed by atoms with Crippen LogP contribution in [0.3, 0.4) is 0 Å². The molecule has 0 spiro atoms. The maximum atomic E-state index is 12.8. The van der Waals surface area contributed by atoms with Gasteiger partial charge in [-0.1, -0.05) is 0 Å². The van der Waals surface area contributed by atoms with E-state index in [0.717, 1.165) is 0 Å². The Kier molecular flexibility index (Phi) is 7.42. The maximum absolute atomic E-state index is 12.8. The van der Waals surface area contributed by atoms with Crippen molar-refractivity contribution in [1.82, 2.24) is 0 Å². The van der Waals surface area contributed by atoms with Crippen LogP contribution in [0, 0.1) is 0 Å². The molecule has 0 bridgehead atoms. The van der Waals surface area contributed by atoms with Gasteiger partial charge < -0.3 is 6.53 Å². The summed E-state index contributed by atoms with van der Waals surface area (Å²) in [4.78, 5) is 0. The molecule has 0 atom stereocenters. The summed E-state index contributed by atoms with van der Waals surface area (Å²) in [5, 5.41) is 7.95. The summed E-state index contributed by atoms with van der Waals surface area (Å²) in [6, 6.07) is 0. The van der Waals surface area contributed by atoms with Crippen molar-refractivity contribution in [2.75, 3.05) is 6.61 Å². The Bertz CT molecular complexity index is 407. The average molecular weight is 388 g/mol. The summed E-state index contributed by atoms with van der Waals surface area (Å²) in [5.41, 5.74) is 0. The van der Waals surface area contributed by atoms with Gasteiger partial charge in [-0.15, -0.1) is 0 Å². The molecular formula is C8H6F13NaO. The van der Waals surface area contributed by atoms with Crippen LogP contribution in [0.4, 0.5) is 57.1 Å². The number of aliphatic hydroxyl groups excluding tert-OH is 1. The monoisotopic (exact) mass is 388 g/mol. The van der Waals surface area contributed by atoms with Gasteiger partial charge in [0.25, 0.3) is 0 Å². The topological polar surface area (TPSA) is 20.2 Å². The molecule has 0 aromatic rings. The SMILES string of the molecule is OCCC(F)(F)C(F)(F)C(F)(F)C(F)(F)C(F)(F)C(F)(F)F.[H-].[Na+]. The molecule has 0 unspecified atom stereocenters. The zero-order valence-corrected chi connectivity index (χ0v) is 12.8. The Morgan fingerprint density at radius 3 is 1.13 bits per heavy atom.